The molecular formula is C17H22N2O3. The smallest absolute Gasteiger partial charge is 0.260 e. The van der Waals surface area contributed by atoms with Gasteiger partial charge in [-0.3, -0.25) is 9.69 Å². The molecule has 0 spiro atoms. The van der Waals surface area contributed by atoms with E-state index in [-0.39, 0.29) is 11.9 Å². The number of hydrogen-bond donors (Lipinski definition) is 1. The second kappa shape index (κ2) is 7.66. The zero-order chi connectivity index (χ0) is 15.9. The summed E-state index contributed by atoms with van der Waals surface area (Å²) in [5.41, 5.74) is 0. The van der Waals surface area contributed by atoms with Crippen LogP contribution in [0, 0.1) is 0 Å². The van der Waals surface area contributed by atoms with Crippen LogP contribution in [0.4, 0.5) is 0 Å². The number of amides is 1. The number of furan rings is 1. The first-order valence-electron chi connectivity index (χ1n) is 7.27. The Balaban J connectivity index is 1.88. The molecule has 0 radical (unpaired) electrons. The van der Waals surface area contributed by atoms with Crippen LogP contribution in [0.2, 0.25) is 0 Å². The van der Waals surface area contributed by atoms with Gasteiger partial charge in [0.15, 0.2) is 6.10 Å². The van der Waals surface area contributed by atoms with Crippen molar-refractivity contribution < 1.29 is 13.9 Å². The number of likely N-dealkylation sites (N-methyl/N-ethyl adjacent to an activating group) is 1. The molecule has 1 amide bonds. The largest absolute Gasteiger partial charge is 0.481 e. The molecule has 1 aromatic heterocycles. The maximum atomic E-state index is 12.2. The summed E-state index contributed by atoms with van der Waals surface area (Å²) in [5.74, 6) is 1.35. The highest BCUT2D eigenvalue weighted by Crippen LogP contribution is 2.17. The molecule has 0 aliphatic carbocycles. The minimum Gasteiger partial charge on any atom is -0.481 e. The molecule has 22 heavy (non-hydrogen) atoms. The minimum atomic E-state index is -0.554. The van der Waals surface area contributed by atoms with Gasteiger partial charge in [0.05, 0.1) is 12.3 Å². The predicted octanol–water partition coefficient (Wildman–Crippen LogP) is 2.47. The maximum absolute atomic E-state index is 12.2. The van der Waals surface area contributed by atoms with Crippen molar-refractivity contribution in [2.45, 2.75) is 19.1 Å². The summed E-state index contributed by atoms with van der Waals surface area (Å²) < 4.78 is 11.0. The molecule has 2 atom stereocenters. The maximum Gasteiger partial charge on any atom is 0.260 e. The van der Waals surface area contributed by atoms with E-state index in [0.29, 0.717) is 12.3 Å². The van der Waals surface area contributed by atoms with Crippen LogP contribution < -0.4 is 10.1 Å². The first-order valence-corrected chi connectivity index (χ1v) is 7.27. The lowest BCUT2D eigenvalue weighted by Gasteiger charge is -2.23. The Morgan fingerprint density at radius 3 is 2.55 bits per heavy atom. The molecule has 1 N–H and O–H groups in total. The van der Waals surface area contributed by atoms with Crippen molar-refractivity contribution in [1.82, 2.24) is 10.2 Å². The molecule has 2 rings (SSSR count). The van der Waals surface area contributed by atoms with E-state index in [1.54, 1.807) is 13.2 Å². The Hall–Kier alpha value is -2.27. The number of benzene rings is 1. The van der Waals surface area contributed by atoms with E-state index in [1.807, 2.05) is 61.5 Å². The standard InChI is InChI=1S/C17H22N2O3/c1-13(22-14-8-5-4-6-9-14)17(20)18-12-15(19(2)3)16-10-7-11-21-16/h4-11,13,15H,12H2,1-3H3,(H,18,20). The lowest BCUT2D eigenvalue weighted by molar-refractivity contribution is -0.127. The van der Waals surface area contributed by atoms with Gasteiger partial charge >= 0.3 is 0 Å². The summed E-state index contributed by atoms with van der Waals surface area (Å²) in [6.45, 7) is 2.20. The third-order valence-corrected chi connectivity index (χ3v) is 3.39. The van der Waals surface area contributed by atoms with Gasteiger partial charge < -0.3 is 14.5 Å². The van der Waals surface area contributed by atoms with Crippen molar-refractivity contribution in [3.05, 3.63) is 54.5 Å². The third kappa shape index (κ3) is 4.36. The van der Waals surface area contributed by atoms with Gasteiger partial charge in [-0.05, 0) is 45.3 Å². The Bertz CT molecular complexity index is 567. The average Bonchev–Trinajstić information content (AvgIpc) is 3.02. The van der Waals surface area contributed by atoms with Crippen LogP contribution >= 0.6 is 0 Å². The van der Waals surface area contributed by atoms with Gasteiger partial charge in [0.25, 0.3) is 5.91 Å². The number of nitrogens with one attached hydrogen (secondary N) is 1. The number of ether oxygens (including phenoxy) is 1. The summed E-state index contributed by atoms with van der Waals surface area (Å²) in [7, 11) is 3.90. The molecule has 0 saturated heterocycles. The number of hydrogen-bond acceptors (Lipinski definition) is 4. The van der Waals surface area contributed by atoms with E-state index in [1.165, 1.54) is 0 Å². The molecule has 0 bridgehead atoms. The quantitative estimate of drug-likeness (QED) is 0.853. The number of para-hydroxylation sites is 1. The van der Waals surface area contributed by atoms with Crippen molar-refractivity contribution in [3.8, 4) is 5.75 Å². The van der Waals surface area contributed by atoms with Crippen LogP contribution in [0.5, 0.6) is 5.75 Å². The van der Waals surface area contributed by atoms with Crippen molar-refractivity contribution in [2.75, 3.05) is 20.6 Å². The van der Waals surface area contributed by atoms with Gasteiger partial charge in [0.2, 0.25) is 0 Å². The molecule has 0 fully saturated rings. The molecule has 1 heterocycles. The third-order valence-electron chi connectivity index (χ3n) is 3.39. The van der Waals surface area contributed by atoms with Crippen LogP contribution in [0.1, 0.15) is 18.7 Å². The Kier molecular flexibility index (Phi) is 5.61. The summed E-state index contributed by atoms with van der Waals surface area (Å²) in [5, 5.41) is 2.91. The second-order valence-electron chi connectivity index (χ2n) is 5.31. The molecule has 0 aliphatic heterocycles. The molecule has 2 aromatic rings. The van der Waals surface area contributed by atoms with Crippen molar-refractivity contribution in [3.63, 3.8) is 0 Å². The number of carbonyl (C=O) groups is 1. The van der Waals surface area contributed by atoms with Crippen molar-refractivity contribution in [2.24, 2.45) is 0 Å². The molecule has 0 aliphatic rings. The zero-order valence-corrected chi connectivity index (χ0v) is 13.2. The molecule has 5 nitrogen and oxygen atoms in total. The molecule has 1 aromatic carbocycles. The fourth-order valence-electron chi connectivity index (χ4n) is 2.12. The van der Waals surface area contributed by atoms with Gasteiger partial charge in [-0.1, -0.05) is 18.2 Å². The average molecular weight is 302 g/mol. The minimum absolute atomic E-state index is 0.0112. The SMILES string of the molecule is CC(Oc1ccccc1)C(=O)NCC(c1ccco1)N(C)C. The number of rotatable bonds is 7. The van der Waals surface area contributed by atoms with Crippen molar-refractivity contribution >= 4 is 5.91 Å². The van der Waals surface area contributed by atoms with Crippen LogP contribution in [0.3, 0.4) is 0 Å². The lowest BCUT2D eigenvalue weighted by Crippen LogP contribution is -2.40. The summed E-state index contributed by atoms with van der Waals surface area (Å²) in [6.07, 6.45) is 1.08. The fraction of sp³-hybridized carbons (Fsp3) is 0.353. The van der Waals surface area contributed by atoms with Gasteiger partial charge in [0, 0.05) is 6.54 Å². The highest BCUT2D eigenvalue weighted by atomic mass is 16.5. The monoisotopic (exact) mass is 302 g/mol. The molecule has 118 valence electrons. The van der Waals surface area contributed by atoms with Gasteiger partial charge in [-0.15, -0.1) is 0 Å². The summed E-state index contributed by atoms with van der Waals surface area (Å²) in [4.78, 5) is 14.2. The van der Waals surface area contributed by atoms with E-state index >= 15 is 0 Å². The summed E-state index contributed by atoms with van der Waals surface area (Å²) >= 11 is 0. The van der Waals surface area contributed by atoms with Crippen LogP contribution in [0.25, 0.3) is 0 Å². The number of carbonyl (C=O) groups excluding carboxylic acids is 1. The van der Waals surface area contributed by atoms with Crippen LogP contribution in [0.15, 0.2) is 53.1 Å². The van der Waals surface area contributed by atoms with E-state index in [4.69, 9.17) is 9.15 Å². The predicted molar refractivity (Wildman–Crippen MR) is 84.7 cm³/mol. The Morgan fingerprint density at radius 1 is 1.23 bits per heavy atom. The lowest BCUT2D eigenvalue weighted by atomic mass is 10.2. The van der Waals surface area contributed by atoms with Crippen molar-refractivity contribution in [1.29, 1.82) is 0 Å². The molecule has 5 heteroatoms. The molecule has 2 unspecified atom stereocenters. The highest BCUT2D eigenvalue weighted by Gasteiger charge is 2.20. The topological polar surface area (TPSA) is 54.7 Å². The van der Waals surface area contributed by atoms with Gasteiger partial charge in [0.1, 0.15) is 11.5 Å². The van der Waals surface area contributed by atoms with Gasteiger partial charge in [-0.25, -0.2) is 0 Å². The number of nitrogens with zero attached hydrogens (tertiary/aromatic N) is 1. The van der Waals surface area contributed by atoms with E-state index in [2.05, 4.69) is 5.32 Å². The summed E-state index contributed by atoms with van der Waals surface area (Å²) in [6, 6.07) is 13.0. The van der Waals surface area contributed by atoms with E-state index in [9.17, 15) is 4.79 Å². The van der Waals surface area contributed by atoms with Crippen LogP contribution in [-0.4, -0.2) is 37.6 Å². The van der Waals surface area contributed by atoms with Crippen LogP contribution in [-0.2, 0) is 4.79 Å². The Morgan fingerprint density at radius 2 is 1.95 bits per heavy atom. The Labute approximate surface area is 130 Å². The van der Waals surface area contributed by atoms with E-state index < -0.39 is 6.10 Å². The highest BCUT2D eigenvalue weighted by molar-refractivity contribution is 5.80. The normalized spacial score (nSPS) is 13.6. The molecular weight excluding hydrogens is 280 g/mol. The van der Waals surface area contributed by atoms with E-state index in [0.717, 1.165) is 5.76 Å². The first kappa shape index (κ1) is 16.1. The molecule has 0 saturated carbocycles. The van der Waals surface area contributed by atoms with Gasteiger partial charge in [-0.2, -0.15) is 0 Å². The zero-order valence-electron chi connectivity index (χ0n) is 13.2. The first-order chi connectivity index (χ1) is 10.6. The second-order valence-corrected chi connectivity index (χ2v) is 5.31. The fourth-order valence-corrected chi connectivity index (χ4v) is 2.12.